The van der Waals surface area contributed by atoms with Crippen molar-refractivity contribution in [1.29, 1.82) is 0 Å². The number of rotatable bonds is 8. The summed E-state index contributed by atoms with van der Waals surface area (Å²) in [4.78, 5) is 12.0. The second kappa shape index (κ2) is 11.7. The molecule has 4 nitrogen and oxygen atoms in total. The third-order valence-corrected chi connectivity index (χ3v) is 9.49. The zero-order valence-corrected chi connectivity index (χ0v) is 21.4. The van der Waals surface area contributed by atoms with Gasteiger partial charge in [-0.2, -0.15) is 0 Å². The summed E-state index contributed by atoms with van der Waals surface area (Å²) in [5, 5.41) is 5.14. The number of methoxy groups -OCH3 is 1. The summed E-state index contributed by atoms with van der Waals surface area (Å²) in [7, 11) is -1.79. The van der Waals surface area contributed by atoms with Gasteiger partial charge in [-0.25, -0.2) is 9.88 Å². The average Bonchev–Trinajstić information content (AvgIpc) is 2.92. The van der Waals surface area contributed by atoms with Gasteiger partial charge in [0, 0.05) is 10.6 Å². The van der Waals surface area contributed by atoms with Crippen molar-refractivity contribution >= 4 is 23.9 Å². The Morgan fingerprint density at radius 3 is 1.94 bits per heavy atom. The molecule has 4 rings (SSSR count). The van der Waals surface area contributed by atoms with Crippen LogP contribution in [0.15, 0.2) is 96.6 Å². The lowest BCUT2D eigenvalue weighted by molar-refractivity contribution is 0.0600. The highest BCUT2D eigenvalue weighted by Gasteiger charge is 2.31. The van der Waals surface area contributed by atoms with E-state index in [-0.39, 0.29) is 12.0 Å². The lowest BCUT2D eigenvalue weighted by Gasteiger charge is -2.29. The molecule has 3 aromatic carbocycles. The first-order valence-corrected chi connectivity index (χ1v) is 14.1. The van der Waals surface area contributed by atoms with E-state index in [4.69, 9.17) is 4.74 Å². The van der Waals surface area contributed by atoms with Crippen LogP contribution < -0.4 is 15.7 Å². The van der Waals surface area contributed by atoms with Gasteiger partial charge in [0.2, 0.25) is 7.29 Å². The van der Waals surface area contributed by atoms with Crippen LogP contribution in [0.2, 0.25) is 0 Å². The third-order valence-electron chi connectivity index (χ3n) is 6.82. The summed E-state index contributed by atoms with van der Waals surface area (Å²) in [6.07, 6.45) is 8.57. The Labute approximate surface area is 208 Å². The van der Waals surface area contributed by atoms with Crippen LogP contribution in [-0.2, 0) is 9.30 Å². The molecule has 0 bridgehead atoms. The van der Waals surface area contributed by atoms with Gasteiger partial charge in [0.15, 0.2) is 0 Å². The lowest BCUT2D eigenvalue weighted by atomic mass is 9.86. The van der Waals surface area contributed by atoms with Gasteiger partial charge in [0.25, 0.3) is 0 Å². The standard InChI is InChI=1S/C30H34NO3P/c1-23(22-24-12-6-3-7-13-24)29(25-18-20-26(21-19-25)30(32)34-2)31-35(33,27-14-8-4-9-15-27)28-16-10-5-11-17-28/h4-5,8-11,14-22,24,29H,3,6-7,12-13H2,1-2H3,(H,31,33)/b23-22+. The maximum atomic E-state index is 14.8. The first-order chi connectivity index (χ1) is 17.0. The first kappa shape index (κ1) is 25.2. The second-order valence-corrected chi connectivity index (χ2v) is 11.8. The predicted molar refractivity (Wildman–Crippen MR) is 144 cm³/mol. The van der Waals surface area contributed by atoms with Crippen molar-refractivity contribution in [1.82, 2.24) is 5.09 Å². The fourth-order valence-corrected chi connectivity index (χ4v) is 7.39. The summed E-state index contributed by atoms with van der Waals surface area (Å²) in [5.74, 6) is 0.171. The Morgan fingerprint density at radius 2 is 1.43 bits per heavy atom. The van der Waals surface area contributed by atoms with Crippen LogP contribution in [0.25, 0.3) is 0 Å². The van der Waals surface area contributed by atoms with E-state index in [0.717, 1.165) is 21.7 Å². The number of carbonyl (C=O) groups excluding carboxylic acids is 1. The molecular weight excluding hydrogens is 453 g/mol. The number of hydrogen-bond donors (Lipinski definition) is 1. The normalized spacial score (nSPS) is 16.0. The van der Waals surface area contributed by atoms with Gasteiger partial charge < -0.3 is 4.74 Å². The van der Waals surface area contributed by atoms with E-state index < -0.39 is 7.29 Å². The quantitative estimate of drug-likeness (QED) is 0.222. The Kier molecular flexibility index (Phi) is 8.38. The largest absolute Gasteiger partial charge is 0.465 e. The second-order valence-electron chi connectivity index (χ2n) is 9.26. The van der Waals surface area contributed by atoms with E-state index in [1.54, 1.807) is 12.1 Å². The SMILES string of the molecule is COC(=O)c1ccc(C(NP(=O)(c2ccccc2)c2ccccc2)/C(C)=C/C2CCCCC2)cc1. The van der Waals surface area contributed by atoms with Crippen LogP contribution >= 0.6 is 7.29 Å². The molecule has 1 atom stereocenters. The van der Waals surface area contributed by atoms with Crippen LogP contribution in [-0.4, -0.2) is 13.1 Å². The number of ether oxygens (including phenoxy) is 1. The van der Waals surface area contributed by atoms with Crippen LogP contribution in [0.3, 0.4) is 0 Å². The molecule has 0 spiro atoms. The fourth-order valence-electron chi connectivity index (χ4n) is 4.89. The molecule has 0 aromatic heterocycles. The molecule has 3 aromatic rings. The Morgan fingerprint density at radius 1 is 0.886 bits per heavy atom. The summed E-state index contributed by atoms with van der Waals surface area (Å²) in [6, 6.07) is 26.5. The van der Waals surface area contributed by atoms with E-state index >= 15 is 0 Å². The molecule has 0 aliphatic heterocycles. The molecule has 35 heavy (non-hydrogen) atoms. The van der Waals surface area contributed by atoms with Crippen LogP contribution in [0.5, 0.6) is 0 Å². The molecule has 0 heterocycles. The van der Waals surface area contributed by atoms with Gasteiger partial charge >= 0.3 is 5.97 Å². The summed E-state index contributed by atoms with van der Waals surface area (Å²) < 4.78 is 19.7. The lowest BCUT2D eigenvalue weighted by Crippen LogP contribution is -2.31. The monoisotopic (exact) mass is 487 g/mol. The van der Waals surface area contributed by atoms with Crippen molar-refractivity contribution in [2.45, 2.75) is 45.1 Å². The van der Waals surface area contributed by atoms with Crippen molar-refractivity contribution in [3.8, 4) is 0 Å². The number of allylic oxidation sites excluding steroid dienone is 1. The molecule has 0 saturated heterocycles. The minimum Gasteiger partial charge on any atom is -0.465 e. The average molecular weight is 488 g/mol. The van der Waals surface area contributed by atoms with Gasteiger partial charge in [-0.15, -0.1) is 0 Å². The summed E-state index contributed by atoms with van der Waals surface area (Å²) in [6.45, 7) is 2.13. The molecule has 1 N–H and O–H groups in total. The van der Waals surface area contributed by atoms with E-state index in [1.807, 2.05) is 72.8 Å². The Bertz CT molecular complexity index is 1140. The minimum atomic E-state index is -3.17. The summed E-state index contributed by atoms with van der Waals surface area (Å²) >= 11 is 0. The van der Waals surface area contributed by atoms with Crippen molar-refractivity contribution in [3.05, 3.63) is 108 Å². The molecule has 1 unspecified atom stereocenters. The van der Waals surface area contributed by atoms with Gasteiger partial charge in [-0.1, -0.05) is 79.4 Å². The highest BCUT2D eigenvalue weighted by molar-refractivity contribution is 7.76. The predicted octanol–water partition coefficient (Wildman–Crippen LogP) is 6.56. The zero-order valence-electron chi connectivity index (χ0n) is 20.5. The first-order valence-electron chi connectivity index (χ1n) is 12.4. The molecule has 1 saturated carbocycles. The van der Waals surface area contributed by atoms with E-state index in [0.29, 0.717) is 11.5 Å². The van der Waals surface area contributed by atoms with Crippen LogP contribution in [0.4, 0.5) is 0 Å². The Balaban J connectivity index is 1.77. The highest BCUT2D eigenvalue weighted by Crippen LogP contribution is 2.44. The molecule has 0 amide bonds. The number of hydrogen-bond acceptors (Lipinski definition) is 3. The fraction of sp³-hybridized carbons (Fsp3) is 0.300. The molecule has 182 valence electrons. The maximum absolute atomic E-state index is 14.8. The van der Waals surface area contributed by atoms with Gasteiger partial charge in [-0.05, 0) is 67.6 Å². The van der Waals surface area contributed by atoms with Crippen LogP contribution in [0, 0.1) is 5.92 Å². The van der Waals surface area contributed by atoms with Crippen LogP contribution in [0.1, 0.15) is 61.0 Å². The van der Waals surface area contributed by atoms with Gasteiger partial charge in [-0.3, -0.25) is 4.57 Å². The molecule has 1 aliphatic rings. The number of benzene rings is 3. The summed E-state index contributed by atoms with van der Waals surface area (Å²) in [5.41, 5.74) is 2.61. The highest BCUT2D eigenvalue weighted by atomic mass is 31.2. The van der Waals surface area contributed by atoms with Crippen molar-refractivity contribution < 1.29 is 14.1 Å². The molecular formula is C30H34NO3P. The molecule has 1 aliphatic carbocycles. The molecule has 0 radical (unpaired) electrons. The smallest absolute Gasteiger partial charge is 0.337 e. The van der Waals surface area contributed by atoms with Crippen molar-refractivity contribution in [2.24, 2.45) is 5.92 Å². The Hall–Kier alpha value is -2.94. The molecule has 1 fully saturated rings. The minimum absolute atomic E-state index is 0.269. The van der Waals surface area contributed by atoms with Crippen molar-refractivity contribution in [2.75, 3.05) is 7.11 Å². The van der Waals surface area contributed by atoms with Gasteiger partial charge in [0.1, 0.15) is 0 Å². The topological polar surface area (TPSA) is 55.4 Å². The van der Waals surface area contributed by atoms with E-state index in [9.17, 15) is 9.36 Å². The number of carbonyl (C=O) groups is 1. The maximum Gasteiger partial charge on any atom is 0.337 e. The number of esters is 1. The molecule has 5 heteroatoms. The van der Waals surface area contributed by atoms with Gasteiger partial charge in [0.05, 0.1) is 18.7 Å². The number of nitrogens with one attached hydrogen (secondary N) is 1. The zero-order chi connectivity index (χ0) is 24.7. The van der Waals surface area contributed by atoms with Crippen molar-refractivity contribution in [3.63, 3.8) is 0 Å². The van der Waals surface area contributed by atoms with E-state index in [1.165, 1.54) is 39.2 Å². The third kappa shape index (κ3) is 6.01. The van der Waals surface area contributed by atoms with E-state index in [2.05, 4.69) is 18.1 Å².